The Bertz CT molecular complexity index is 836. The fourth-order valence-corrected chi connectivity index (χ4v) is 16.5. The summed E-state index contributed by atoms with van der Waals surface area (Å²) in [7, 11) is 0. The molecule has 0 N–H and O–H groups in total. The topological polar surface area (TPSA) is 23.1 Å². The summed E-state index contributed by atoms with van der Waals surface area (Å²) >= 11 is 15.9. The number of nitrogens with zero attached hydrogens (tertiary/aromatic N) is 1. The molecule has 0 bridgehead atoms. The molecule has 0 spiro atoms. The highest BCUT2D eigenvalue weighted by Crippen LogP contribution is 2.68. The first-order valence-corrected chi connectivity index (χ1v) is 16.1. The highest BCUT2D eigenvalue weighted by Gasteiger charge is 2.49. The van der Waals surface area contributed by atoms with Gasteiger partial charge in [0.15, 0.2) is 0 Å². The fourth-order valence-electron chi connectivity index (χ4n) is 3.73. The van der Waals surface area contributed by atoms with Crippen LogP contribution in [0.15, 0.2) is 37.1 Å². The van der Waals surface area contributed by atoms with E-state index >= 15 is 0 Å². The van der Waals surface area contributed by atoms with Gasteiger partial charge >= 0.3 is 0 Å². The van der Waals surface area contributed by atoms with Crippen molar-refractivity contribution in [1.29, 1.82) is 0 Å². The number of hydrogen-bond donors (Lipinski definition) is 0. The van der Waals surface area contributed by atoms with E-state index in [9.17, 15) is 5.21 Å². The van der Waals surface area contributed by atoms with Crippen LogP contribution in [0.2, 0.25) is 0 Å². The molecule has 1 atom stereocenters. The van der Waals surface area contributed by atoms with Crippen LogP contribution in [0.4, 0.5) is 0 Å². The van der Waals surface area contributed by atoms with Crippen molar-refractivity contribution in [2.24, 2.45) is 0 Å². The fraction of sp³-hybridized carbons (Fsp3) is 0.556. The SMILES string of the molecule is CC1(C)C=C(C2CSC3=C(SC(=C4SC5=C(SCCS5)S4)S3)S2)C(C)(C)N1[O]. The van der Waals surface area contributed by atoms with Crippen LogP contribution in [0.25, 0.3) is 0 Å². The molecule has 0 amide bonds. The van der Waals surface area contributed by atoms with Crippen molar-refractivity contribution in [3.63, 3.8) is 0 Å². The summed E-state index contributed by atoms with van der Waals surface area (Å²) in [6.45, 7) is 8.22. The van der Waals surface area contributed by atoms with Crippen molar-refractivity contribution in [2.75, 3.05) is 17.3 Å². The van der Waals surface area contributed by atoms with E-state index in [0.29, 0.717) is 5.25 Å². The number of thioether (sulfide) groups is 8. The number of hydrogen-bond acceptors (Lipinski definition) is 9. The Morgan fingerprint density at radius 2 is 1.36 bits per heavy atom. The minimum Gasteiger partial charge on any atom is -0.136 e. The van der Waals surface area contributed by atoms with E-state index in [-0.39, 0.29) is 0 Å². The van der Waals surface area contributed by atoms with Gasteiger partial charge in [0.2, 0.25) is 0 Å². The maximum absolute atomic E-state index is 12.8. The lowest BCUT2D eigenvalue weighted by atomic mass is 9.94. The first-order valence-electron chi connectivity index (χ1n) is 8.96. The maximum Gasteiger partial charge on any atom is 0.0717 e. The Balaban J connectivity index is 1.32. The molecule has 2 nitrogen and oxygen atoms in total. The molecule has 0 saturated carbocycles. The first-order chi connectivity index (χ1) is 13.3. The number of hydroxylamine groups is 2. The molecule has 10 heteroatoms. The van der Waals surface area contributed by atoms with Gasteiger partial charge in [0.1, 0.15) is 0 Å². The van der Waals surface area contributed by atoms with E-state index in [1.165, 1.54) is 47.6 Å². The Kier molecular flexibility index (Phi) is 6.09. The van der Waals surface area contributed by atoms with Gasteiger partial charge in [0, 0.05) is 22.5 Å². The van der Waals surface area contributed by atoms with Crippen LogP contribution in [-0.4, -0.2) is 38.6 Å². The third-order valence-electron chi connectivity index (χ3n) is 5.00. The van der Waals surface area contributed by atoms with E-state index in [2.05, 4.69) is 19.9 Å². The average Bonchev–Trinajstić information content (AvgIpc) is 3.31. The second-order valence-corrected chi connectivity index (χ2v) is 17.9. The highest BCUT2D eigenvalue weighted by atomic mass is 32.3. The van der Waals surface area contributed by atoms with E-state index in [1.807, 2.05) is 108 Å². The molecule has 0 aromatic carbocycles. The van der Waals surface area contributed by atoms with Crippen LogP contribution in [-0.2, 0) is 5.21 Å². The Labute approximate surface area is 201 Å². The van der Waals surface area contributed by atoms with Crippen LogP contribution in [0.1, 0.15) is 27.7 Å². The van der Waals surface area contributed by atoms with Crippen molar-refractivity contribution in [2.45, 2.75) is 44.0 Å². The normalized spacial score (nSPS) is 32.2. The first kappa shape index (κ1) is 21.5. The summed E-state index contributed by atoms with van der Waals surface area (Å²) in [6.07, 6.45) is 2.23. The third kappa shape index (κ3) is 3.73. The van der Waals surface area contributed by atoms with Crippen molar-refractivity contribution in [1.82, 2.24) is 5.06 Å². The second-order valence-electron chi connectivity index (χ2n) is 7.85. The molecular formula is C18H20NOS8. The van der Waals surface area contributed by atoms with Crippen molar-refractivity contribution in [3.05, 3.63) is 37.1 Å². The number of rotatable bonds is 1. The quantitative estimate of drug-likeness (QED) is 0.319. The zero-order valence-corrected chi connectivity index (χ0v) is 22.4. The molecule has 0 aromatic heterocycles. The van der Waals surface area contributed by atoms with Gasteiger partial charge in [-0.1, -0.05) is 53.1 Å². The summed E-state index contributed by atoms with van der Waals surface area (Å²) in [5, 5.41) is 14.5. The van der Waals surface area contributed by atoms with E-state index < -0.39 is 11.1 Å². The lowest BCUT2D eigenvalue weighted by Gasteiger charge is -2.36. The zero-order chi connectivity index (χ0) is 19.7. The molecular weight excluding hydrogens is 503 g/mol. The summed E-state index contributed by atoms with van der Waals surface area (Å²) in [4.78, 5) is 0. The standard InChI is InChI=1S/C18H20NOS8/c1-17(2)7-9(18(3,4)19(17)20)10-8-23-13-14(24-10)28-16(27-13)15-25-11-12(26-15)22-6-5-21-11/h7,10H,5-6,8H2,1-4H3. The van der Waals surface area contributed by atoms with Gasteiger partial charge in [-0.3, -0.25) is 0 Å². The molecule has 0 saturated heterocycles. The molecule has 5 aliphatic heterocycles. The van der Waals surface area contributed by atoms with Gasteiger partial charge in [-0.2, -0.15) is 0 Å². The molecule has 151 valence electrons. The minimum absolute atomic E-state index is 0.385. The second kappa shape index (κ2) is 7.92. The van der Waals surface area contributed by atoms with Gasteiger partial charge in [-0.05, 0) is 33.3 Å². The molecule has 0 aromatic rings. The molecule has 5 heterocycles. The Morgan fingerprint density at radius 1 is 0.821 bits per heavy atom. The van der Waals surface area contributed by atoms with Crippen molar-refractivity contribution < 1.29 is 5.21 Å². The Hall–Kier alpha value is 1.68. The van der Waals surface area contributed by atoms with Crippen LogP contribution in [0.3, 0.4) is 0 Å². The van der Waals surface area contributed by atoms with Crippen molar-refractivity contribution in [3.8, 4) is 0 Å². The summed E-state index contributed by atoms with van der Waals surface area (Å²) in [5.41, 5.74) is 0.463. The van der Waals surface area contributed by atoms with Gasteiger partial charge in [-0.15, -0.1) is 57.3 Å². The zero-order valence-electron chi connectivity index (χ0n) is 15.9. The predicted molar refractivity (Wildman–Crippen MR) is 139 cm³/mol. The monoisotopic (exact) mass is 522 g/mol. The van der Waals surface area contributed by atoms with E-state index in [1.54, 1.807) is 0 Å². The van der Waals surface area contributed by atoms with E-state index in [4.69, 9.17) is 0 Å². The lowest BCUT2D eigenvalue weighted by molar-refractivity contribution is -0.238. The van der Waals surface area contributed by atoms with Crippen molar-refractivity contribution >= 4 is 94.1 Å². The largest absolute Gasteiger partial charge is 0.136 e. The smallest absolute Gasteiger partial charge is 0.0717 e. The third-order valence-corrected chi connectivity index (χ3v) is 17.3. The Morgan fingerprint density at radius 3 is 1.89 bits per heavy atom. The van der Waals surface area contributed by atoms with Crippen LogP contribution in [0.5, 0.6) is 0 Å². The average molecular weight is 523 g/mol. The molecule has 0 fully saturated rings. The van der Waals surface area contributed by atoms with Crippen LogP contribution >= 0.6 is 94.1 Å². The lowest BCUT2D eigenvalue weighted by Crippen LogP contribution is -2.48. The summed E-state index contributed by atoms with van der Waals surface area (Å²) < 4.78 is 8.88. The highest BCUT2D eigenvalue weighted by molar-refractivity contribution is 8.45. The predicted octanol–water partition coefficient (Wildman–Crippen LogP) is 7.80. The maximum atomic E-state index is 12.8. The molecule has 5 rings (SSSR count). The van der Waals surface area contributed by atoms with Gasteiger partial charge in [0.25, 0.3) is 0 Å². The molecule has 5 aliphatic rings. The molecule has 1 radical (unpaired) electrons. The van der Waals surface area contributed by atoms with Gasteiger partial charge in [-0.25, -0.2) is 0 Å². The summed E-state index contributed by atoms with van der Waals surface area (Å²) in [5.74, 6) is 3.53. The van der Waals surface area contributed by atoms with E-state index in [0.717, 1.165) is 5.75 Å². The molecule has 0 aliphatic carbocycles. The van der Waals surface area contributed by atoms with Crippen LogP contribution < -0.4 is 0 Å². The minimum atomic E-state index is -0.425. The summed E-state index contributed by atoms with van der Waals surface area (Å²) in [6, 6.07) is 0. The van der Waals surface area contributed by atoms with Gasteiger partial charge in [0.05, 0.1) is 36.5 Å². The molecule has 28 heavy (non-hydrogen) atoms. The molecule has 1 unspecified atom stereocenters. The van der Waals surface area contributed by atoms with Gasteiger partial charge < -0.3 is 0 Å². The van der Waals surface area contributed by atoms with Crippen LogP contribution in [0, 0.1) is 0 Å².